The van der Waals surface area contributed by atoms with Crippen LogP contribution in [-0.2, 0) is 0 Å². The van der Waals surface area contributed by atoms with Crippen molar-refractivity contribution in [3.05, 3.63) is 34.6 Å². The first kappa shape index (κ1) is 12.2. The molecule has 6 heteroatoms. The third-order valence-corrected chi connectivity index (χ3v) is 1.64. The van der Waals surface area contributed by atoms with Crippen LogP contribution in [0.5, 0.6) is 0 Å². The van der Waals surface area contributed by atoms with Crippen molar-refractivity contribution >= 4 is 29.8 Å². The van der Waals surface area contributed by atoms with Crippen molar-refractivity contribution in [1.29, 1.82) is 5.41 Å². The molecule has 0 amide bonds. The fraction of sp³-hybridized carbons (Fsp3) is 0. The number of hydrogen-bond donors (Lipinski definition) is 3. The summed E-state index contributed by atoms with van der Waals surface area (Å²) in [6, 6.07) is 4.02. The maximum atomic E-state index is 12.9. The van der Waals surface area contributed by atoms with E-state index < -0.39 is 11.7 Å². The molecule has 1 rings (SSSR count). The number of hydrogen-bond acceptors (Lipinski definition) is 2. The molecule has 1 aromatic rings. The summed E-state index contributed by atoms with van der Waals surface area (Å²) in [6.45, 7) is 0. The van der Waals surface area contributed by atoms with Crippen molar-refractivity contribution in [2.45, 2.75) is 0 Å². The van der Waals surface area contributed by atoms with Gasteiger partial charge in [0.25, 0.3) is 0 Å². The minimum Gasteiger partial charge on any atom is -0.290 e. The van der Waals surface area contributed by atoms with Gasteiger partial charge in [-0.15, -0.1) is 12.4 Å². The van der Waals surface area contributed by atoms with Crippen LogP contribution in [0.15, 0.2) is 18.2 Å². The van der Waals surface area contributed by atoms with E-state index >= 15 is 0 Å². The molecule has 3 nitrogen and oxygen atoms in total. The van der Waals surface area contributed by atoms with E-state index in [0.29, 0.717) is 0 Å². The third-order valence-electron chi connectivity index (χ3n) is 1.32. The molecule has 0 atom stereocenters. The Labute approximate surface area is 85.4 Å². The van der Waals surface area contributed by atoms with Gasteiger partial charge in [-0.25, -0.2) is 4.39 Å². The average Bonchev–Trinajstić information content (AvgIpc) is 2.03. The lowest BCUT2D eigenvalue weighted by Gasteiger charge is -2.04. The molecule has 0 bridgehead atoms. The summed E-state index contributed by atoms with van der Waals surface area (Å²) in [5.74, 6) is -1.10. The van der Waals surface area contributed by atoms with Gasteiger partial charge in [0, 0.05) is 0 Å². The van der Waals surface area contributed by atoms with E-state index in [9.17, 15) is 4.39 Å². The number of nitrogens with one attached hydrogen (secondary N) is 2. The zero-order valence-electron chi connectivity index (χ0n) is 6.34. The van der Waals surface area contributed by atoms with Crippen LogP contribution in [0.3, 0.4) is 0 Å². The Balaban J connectivity index is 0.00000144. The highest BCUT2D eigenvalue weighted by atomic mass is 35.5. The third kappa shape index (κ3) is 2.55. The molecule has 0 unspecified atom stereocenters. The van der Waals surface area contributed by atoms with Gasteiger partial charge in [-0.3, -0.25) is 16.1 Å². The van der Waals surface area contributed by atoms with Crippen LogP contribution in [0.4, 0.5) is 4.39 Å². The van der Waals surface area contributed by atoms with E-state index in [2.05, 4.69) is 0 Å². The Morgan fingerprint density at radius 1 is 1.54 bits per heavy atom. The van der Waals surface area contributed by atoms with Gasteiger partial charge in [0.1, 0.15) is 5.82 Å². The molecule has 0 radical (unpaired) electrons. The number of halogens is 3. The molecular weight excluding hydrogens is 218 g/mol. The average molecular weight is 225 g/mol. The Hall–Kier alpha value is -0.840. The summed E-state index contributed by atoms with van der Waals surface area (Å²) in [5.41, 5.74) is 1.38. The Bertz CT molecular complexity index is 299. The standard InChI is InChI=1S/C7H6ClFN2O.ClH/c8-4-2-1-3-5(9)6(4)7(10)11-12;/h1-3,12H,(H2,10,11);1H. The number of rotatable bonds is 1. The second kappa shape index (κ2) is 5.01. The maximum Gasteiger partial charge on any atom is 0.153 e. The largest absolute Gasteiger partial charge is 0.290 e. The van der Waals surface area contributed by atoms with E-state index in [0.717, 1.165) is 6.07 Å². The van der Waals surface area contributed by atoms with E-state index in [1.54, 1.807) is 0 Å². The van der Waals surface area contributed by atoms with Crippen LogP contribution in [0, 0.1) is 11.2 Å². The predicted octanol–water partition coefficient (Wildman–Crippen LogP) is 2.21. The quantitative estimate of drug-likeness (QED) is 0.390. The Morgan fingerprint density at radius 2 is 2.15 bits per heavy atom. The van der Waals surface area contributed by atoms with Gasteiger partial charge < -0.3 is 0 Å². The predicted molar refractivity (Wildman–Crippen MR) is 50.4 cm³/mol. The molecule has 0 fully saturated rings. The summed E-state index contributed by atoms with van der Waals surface area (Å²) < 4.78 is 12.9. The SMILES string of the molecule is Cl.N=C(NO)c1c(F)cccc1Cl. The van der Waals surface area contributed by atoms with Gasteiger partial charge in [-0.1, -0.05) is 17.7 Å². The van der Waals surface area contributed by atoms with Gasteiger partial charge in [0.05, 0.1) is 10.6 Å². The Morgan fingerprint density at radius 3 is 2.62 bits per heavy atom. The molecule has 72 valence electrons. The Kier molecular flexibility index (Phi) is 4.69. The van der Waals surface area contributed by atoms with Crippen LogP contribution < -0.4 is 5.48 Å². The van der Waals surface area contributed by atoms with Crippen molar-refractivity contribution in [2.75, 3.05) is 0 Å². The highest BCUT2D eigenvalue weighted by Gasteiger charge is 2.10. The molecular formula is C7H7Cl2FN2O. The van der Waals surface area contributed by atoms with Crippen LogP contribution in [0.2, 0.25) is 5.02 Å². The highest BCUT2D eigenvalue weighted by Crippen LogP contribution is 2.18. The van der Waals surface area contributed by atoms with Crippen molar-refractivity contribution in [3.8, 4) is 0 Å². The molecule has 0 heterocycles. The minimum atomic E-state index is -0.644. The van der Waals surface area contributed by atoms with Crippen molar-refractivity contribution in [1.82, 2.24) is 5.48 Å². The number of amidine groups is 1. The van der Waals surface area contributed by atoms with Gasteiger partial charge in [0.15, 0.2) is 5.84 Å². The van der Waals surface area contributed by atoms with Gasteiger partial charge in [-0.2, -0.15) is 0 Å². The van der Waals surface area contributed by atoms with E-state index in [1.165, 1.54) is 17.6 Å². The summed E-state index contributed by atoms with van der Waals surface area (Å²) >= 11 is 5.57. The first-order valence-corrected chi connectivity index (χ1v) is 3.47. The van der Waals surface area contributed by atoms with Crippen LogP contribution in [-0.4, -0.2) is 11.0 Å². The van der Waals surface area contributed by atoms with Crippen molar-refractivity contribution < 1.29 is 9.60 Å². The molecule has 0 saturated carbocycles. The summed E-state index contributed by atoms with van der Waals surface area (Å²) in [4.78, 5) is 0. The lowest BCUT2D eigenvalue weighted by Crippen LogP contribution is -2.20. The minimum absolute atomic E-state index is 0. The smallest absolute Gasteiger partial charge is 0.153 e. The van der Waals surface area contributed by atoms with E-state index in [4.69, 9.17) is 22.2 Å². The molecule has 1 aromatic carbocycles. The van der Waals surface area contributed by atoms with Crippen LogP contribution in [0.25, 0.3) is 0 Å². The fourth-order valence-electron chi connectivity index (χ4n) is 0.793. The lowest BCUT2D eigenvalue weighted by molar-refractivity contribution is 0.234. The monoisotopic (exact) mass is 224 g/mol. The molecule has 13 heavy (non-hydrogen) atoms. The summed E-state index contributed by atoms with van der Waals surface area (Å²) in [7, 11) is 0. The van der Waals surface area contributed by atoms with Crippen molar-refractivity contribution in [2.24, 2.45) is 0 Å². The zero-order chi connectivity index (χ0) is 9.14. The second-order valence-electron chi connectivity index (χ2n) is 2.08. The number of hydroxylamine groups is 1. The van der Waals surface area contributed by atoms with E-state index in [1.807, 2.05) is 0 Å². The van der Waals surface area contributed by atoms with Gasteiger partial charge >= 0.3 is 0 Å². The molecule has 0 aliphatic rings. The molecule has 0 aliphatic heterocycles. The topological polar surface area (TPSA) is 56.1 Å². The first-order valence-electron chi connectivity index (χ1n) is 3.10. The van der Waals surface area contributed by atoms with Gasteiger partial charge in [0.2, 0.25) is 0 Å². The highest BCUT2D eigenvalue weighted by molar-refractivity contribution is 6.33. The second-order valence-corrected chi connectivity index (χ2v) is 2.49. The van der Waals surface area contributed by atoms with Crippen LogP contribution in [0.1, 0.15) is 5.56 Å². The molecule has 3 N–H and O–H groups in total. The van der Waals surface area contributed by atoms with E-state index in [-0.39, 0.29) is 23.0 Å². The molecule has 0 spiro atoms. The zero-order valence-corrected chi connectivity index (χ0v) is 7.92. The number of benzene rings is 1. The molecule has 0 saturated heterocycles. The normalized spacial score (nSPS) is 8.85. The maximum absolute atomic E-state index is 12.9. The molecule has 0 aliphatic carbocycles. The first-order chi connectivity index (χ1) is 5.66. The summed E-state index contributed by atoms with van der Waals surface area (Å²) in [5, 5.41) is 15.5. The summed E-state index contributed by atoms with van der Waals surface area (Å²) in [6.07, 6.45) is 0. The lowest BCUT2D eigenvalue weighted by atomic mass is 10.2. The fourth-order valence-corrected chi connectivity index (χ4v) is 1.05. The molecule has 0 aromatic heterocycles. The van der Waals surface area contributed by atoms with Crippen LogP contribution >= 0.6 is 24.0 Å². The van der Waals surface area contributed by atoms with Crippen molar-refractivity contribution in [3.63, 3.8) is 0 Å². The van der Waals surface area contributed by atoms with Gasteiger partial charge in [-0.05, 0) is 12.1 Å².